The van der Waals surface area contributed by atoms with Gasteiger partial charge in [-0.15, -0.1) is 11.3 Å². The molecule has 2 aromatic carbocycles. The lowest BCUT2D eigenvalue weighted by atomic mass is 9.95. The number of nitrogen functional groups attached to an aromatic ring is 1. The van der Waals surface area contributed by atoms with E-state index in [0.29, 0.717) is 43.6 Å². The lowest BCUT2D eigenvalue weighted by molar-refractivity contribution is -0.00422. The summed E-state index contributed by atoms with van der Waals surface area (Å²) >= 11 is 7.99. The van der Waals surface area contributed by atoms with Crippen molar-refractivity contribution in [3.63, 3.8) is 0 Å². The molecule has 4 aliphatic rings. The van der Waals surface area contributed by atoms with Crippen LogP contribution in [-0.4, -0.2) is 78.2 Å². The monoisotopic (exact) mass is 698 g/mol. The number of aromatic nitrogens is 2. The molecule has 2 N–H and O–H groups in total. The zero-order valence-corrected chi connectivity index (χ0v) is 28.1. The lowest BCUT2D eigenvalue weighted by Gasteiger charge is -2.31. The molecule has 0 spiro atoms. The number of alkyl halides is 1. The molecule has 3 unspecified atom stereocenters. The average Bonchev–Trinajstić information content (AvgIpc) is 3.63. The van der Waals surface area contributed by atoms with Gasteiger partial charge in [-0.3, -0.25) is 4.90 Å². The van der Waals surface area contributed by atoms with Crippen LogP contribution >= 0.6 is 22.9 Å². The number of rotatable bonds is 5. The molecule has 0 radical (unpaired) electrons. The summed E-state index contributed by atoms with van der Waals surface area (Å²) in [5, 5.41) is 10.5. The number of thiophene rings is 1. The quantitative estimate of drug-likeness (QED) is 0.235. The number of nitriles is 1. The fourth-order valence-electron chi connectivity index (χ4n) is 8.16. The first kappa shape index (κ1) is 31.7. The lowest BCUT2D eigenvalue weighted by Crippen LogP contribution is -2.43. The average molecular weight is 699 g/mol. The Hall–Kier alpha value is -3.57. The molecule has 2 aromatic heterocycles. The van der Waals surface area contributed by atoms with Crippen LogP contribution < -0.4 is 20.1 Å². The normalized spacial score (nSPS) is 27.0. The minimum Gasteiger partial charge on any atom is -0.489 e. The van der Waals surface area contributed by atoms with Gasteiger partial charge in [0.25, 0.3) is 0 Å². The van der Waals surface area contributed by atoms with E-state index in [1.807, 2.05) is 6.07 Å². The van der Waals surface area contributed by atoms with Crippen LogP contribution in [0.3, 0.4) is 0 Å². The van der Waals surface area contributed by atoms with E-state index >= 15 is 8.78 Å². The van der Waals surface area contributed by atoms with Crippen molar-refractivity contribution in [2.75, 3.05) is 50.6 Å². The summed E-state index contributed by atoms with van der Waals surface area (Å²) in [4.78, 5) is 13.7. The predicted octanol–water partition coefficient (Wildman–Crippen LogP) is 7.01. The van der Waals surface area contributed by atoms with Gasteiger partial charge in [0.15, 0.2) is 11.6 Å². The number of halogens is 4. The van der Waals surface area contributed by atoms with Gasteiger partial charge in [0.1, 0.15) is 47.6 Å². The van der Waals surface area contributed by atoms with E-state index in [1.54, 1.807) is 7.11 Å². The van der Waals surface area contributed by atoms with Crippen LogP contribution in [0.1, 0.15) is 51.0 Å². The maximum absolute atomic E-state index is 17.2. The Labute approximate surface area is 284 Å². The van der Waals surface area contributed by atoms with Gasteiger partial charge < -0.3 is 24.8 Å². The first-order chi connectivity index (χ1) is 23.1. The molecule has 0 amide bonds. The Morgan fingerprint density at radius 2 is 2.04 bits per heavy atom. The number of nitrogens with two attached hydrogens (primary N) is 1. The molecule has 14 heteroatoms. The summed E-state index contributed by atoms with van der Waals surface area (Å²) in [5.41, 5.74) is 5.34. The van der Waals surface area contributed by atoms with Crippen LogP contribution in [0.5, 0.6) is 11.8 Å². The number of hydrogen-bond donors (Lipinski definition) is 1. The number of methoxy groups -OCH3 is 1. The molecular formula is C34H34ClF3N6O3S. The number of nitrogens with zero attached hydrogens (tertiary/aromatic N) is 5. The number of ether oxygens (including phenoxy) is 3. The van der Waals surface area contributed by atoms with Gasteiger partial charge in [0.2, 0.25) is 0 Å². The first-order valence-electron chi connectivity index (χ1n) is 16.2. The van der Waals surface area contributed by atoms with Gasteiger partial charge in [-0.25, -0.2) is 13.2 Å². The Morgan fingerprint density at radius 1 is 1.21 bits per heavy atom. The fraction of sp³-hybridized carbons (Fsp3) is 0.500. The highest BCUT2D eigenvalue weighted by Crippen LogP contribution is 2.52. The van der Waals surface area contributed by atoms with Crippen molar-refractivity contribution in [1.29, 1.82) is 5.26 Å². The predicted molar refractivity (Wildman–Crippen MR) is 179 cm³/mol. The van der Waals surface area contributed by atoms with Gasteiger partial charge in [-0.2, -0.15) is 15.2 Å². The van der Waals surface area contributed by atoms with Crippen molar-refractivity contribution >= 4 is 54.7 Å². The third-order valence-corrected chi connectivity index (χ3v) is 12.3. The highest BCUT2D eigenvalue weighted by Gasteiger charge is 2.49. The Morgan fingerprint density at radius 3 is 2.83 bits per heavy atom. The molecule has 4 aliphatic heterocycles. The summed E-state index contributed by atoms with van der Waals surface area (Å²) in [7, 11) is 1.70. The van der Waals surface area contributed by atoms with Crippen molar-refractivity contribution in [3.8, 4) is 29.0 Å². The second kappa shape index (κ2) is 11.5. The smallest absolute Gasteiger partial charge is 0.319 e. The van der Waals surface area contributed by atoms with E-state index in [-0.39, 0.29) is 78.9 Å². The maximum atomic E-state index is 17.2. The molecule has 0 bridgehead atoms. The molecule has 4 atom stereocenters. The molecule has 0 saturated carbocycles. The Balaban J connectivity index is 1.34. The fourth-order valence-corrected chi connectivity index (χ4v) is 9.45. The molecule has 252 valence electrons. The van der Waals surface area contributed by atoms with E-state index in [4.69, 9.17) is 36.5 Å². The maximum Gasteiger partial charge on any atom is 0.319 e. The minimum atomic E-state index is -0.942. The summed E-state index contributed by atoms with van der Waals surface area (Å²) < 4.78 is 65.5. The Kier molecular flexibility index (Phi) is 7.60. The van der Waals surface area contributed by atoms with Gasteiger partial charge in [0.05, 0.1) is 37.9 Å². The van der Waals surface area contributed by atoms with Crippen molar-refractivity contribution in [2.24, 2.45) is 0 Å². The van der Waals surface area contributed by atoms with E-state index < -0.39 is 23.3 Å². The molecule has 3 saturated heterocycles. The summed E-state index contributed by atoms with van der Waals surface area (Å²) in [5.74, 6) is -0.754. The van der Waals surface area contributed by atoms with Crippen LogP contribution in [0.25, 0.3) is 32.1 Å². The van der Waals surface area contributed by atoms with Crippen LogP contribution in [0.2, 0.25) is 5.02 Å². The van der Waals surface area contributed by atoms with Crippen molar-refractivity contribution in [3.05, 3.63) is 34.4 Å². The van der Waals surface area contributed by atoms with Crippen LogP contribution in [0, 0.1) is 23.0 Å². The van der Waals surface area contributed by atoms with E-state index in [0.717, 1.165) is 37.1 Å². The highest BCUT2D eigenvalue weighted by atomic mass is 35.5. The molecule has 3 fully saturated rings. The first-order valence-corrected chi connectivity index (χ1v) is 17.4. The third kappa shape index (κ3) is 4.78. The molecule has 0 aliphatic carbocycles. The summed E-state index contributed by atoms with van der Waals surface area (Å²) in [6.07, 6.45) is 3.30. The minimum absolute atomic E-state index is 0.0388. The third-order valence-electron chi connectivity index (χ3n) is 10.9. The van der Waals surface area contributed by atoms with Gasteiger partial charge in [0, 0.05) is 37.6 Å². The molecule has 8 rings (SSSR count). The van der Waals surface area contributed by atoms with Crippen LogP contribution in [0.15, 0.2) is 12.1 Å². The molecule has 6 heterocycles. The molecule has 9 nitrogen and oxygen atoms in total. The van der Waals surface area contributed by atoms with E-state index in [1.165, 1.54) is 12.1 Å². The summed E-state index contributed by atoms with van der Waals surface area (Å²) in [6, 6.07) is 4.45. The topological polar surface area (TPSA) is 110 Å². The molecule has 48 heavy (non-hydrogen) atoms. The second-order valence-corrected chi connectivity index (χ2v) is 15.0. The van der Waals surface area contributed by atoms with Gasteiger partial charge in [-0.1, -0.05) is 17.7 Å². The highest BCUT2D eigenvalue weighted by molar-refractivity contribution is 7.23. The number of benzene rings is 2. The van der Waals surface area contributed by atoms with Crippen LogP contribution in [0.4, 0.5) is 24.0 Å². The zero-order valence-electron chi connectivity index (χ0n) is 26.5. The summed E-state index contributed by atoms with van der Waals surface area (Å²) in [6.45, 7) is 4.17. The van der Waals surface area contributed by atoms with Crippen LogP contribution in [-0.2, 0) is 4.74 Å². The SMILES string of the molecule is COC1(C)CCC2COc3c(Cl)c(-c4ccc(F)c5sc(N)c(C#N)c45)c(F)c4nc(OCC56CCCN5C[C@H](F)C6)nc(c34)N2CC1. The Bertz CT molecular complexity index is 2020. The standard InChI is InChI=1S/C34H34ClF3N6O3S/c1-33(45-2)8-6-18-15-46-28-24-27(26(38)23(25(28)35)19-4-5-21(37)29-22(19)20(13-39)30(40)48-29)41-32(42-31(24)44(18)11-9-33)47-16-34-7-3-10-43(34)14-17(36)12-34/h4-5,17-18H,3,6-12,14-16,40H2,1-2H3/t17-,18?,33?,34?/m1/s1. The van der Waals surface area contributed by atoms with Gasteiger partial charge in [-0.05, 0) is 57.2 Å². The zero-order chi connectivity index (χ0) is 33.5. The molecule has 4 aromatic rings. The molecular weight excluding hydrogens is 665 g/mol. The van der Waals surface area contributed by atoms with Crippen molar-refractivity contribution in [2.45, 2.75) is 68.8 Å². The number of anilines is 2. The largest absolute Gasteiger partial charge is 0.489 e. The van der Waals surface area contributed by atoms with E-state index in [2.05, 4.69) is 21.7 Å². The van der Waals surface area contributed by atoms with Crippen molar-refractivity contribution < 1.29 is 27.4 Å². The second-order valence-electron chi connectivity index (χ2n) is 13.6. The number of fused-ring (bicyclic) bond motifs is 4. The van der Waals surface area contributed by atoms with Gasteiger partial charge >= 0.3 is 6.01 Å². The van der Waals surface area contributed by atoms with Crippen molar-refractivity contribution in [1.82, 2.24) is 14.9 Å². The van der Waals surface area contributed by atoms with E-state index in [9.17, 15) is 9.65 Å². The number of hydrogen-bond acceptors (Lipinski definition) is 10.